The molecule has 39 valence electrons. The van der Waals surface area contributed by atoms with Crippen molar-refractivity contribution in [1.82, 2.24) is 0 Å². The fourth-order valence-electron chi connectivity index (χ4n) is 0.213. The highest BCUT2D eigenvalue weighted by atomic mass is 19.1. The average molecular weight is 99.1 g/mol. The highest BCUT2D eigenvalue weighted by molar-refractivity contribution is 4.88. The fourth-order valence-corrected chi connectivity index (χ4v) is 0.213. The van der Waals surface area contributed by atoms with E-state index in [0.29, 0.717) is 6.42 Å². The molecule has 0 rings (SSSR count). The van der Waals surface area contributed by atoms with Crippen molar-refractivity contribution in [3.8, 4) is 0 Å². The Bertz CT molecular complexity index is 92.7. The minimum Gasteiger partial charge on any atom is -0.203 e. The molecule has 0 aromatic carbocycles. The Hall–Kier alpha value is -0.550. The maximum absolute atomic E-state index is 11.6. The second kappa shape index (κ2) is 3.63. The summed E-state index contributed by atoms with van der Waals surface area (Å²) in [6, 6.07) is 0. The molecule has 0 aliphatic rings. The van der Waals surface area contributed by atoms with Crippen LogP contribution in [0, 0.1) is 6.92 Å². The Labute approximate surface area is 43.4 Å². The lowest BCUT2D eigenvalue weighted by atomic mass is 10.4. The van der Waals surface area contributed by atoms with Gasteiger partial charge in [-0.05, 0) is 26.3 Å². The molecular formula is C6H8F. The van der Waals surface area contributed by atoms with Crippen LogP contribution < -0.4 is 0 Å². The van der Waals surface area contributed by atoms with Crippen molar-refractivity contribution >= 4 is 0 Å². The highest BCUT2D eigenvalue weighted by Crippen LogP contribution is 1.87. The van der Waals surface area contributed by atoms with Gasteiger partial charge in [-0.2, -0.15) is 0 Å². The van der Waals surface area contributed by atoms with Crippen LogP contribution in [0.5, 0.6) is 0 Å². The van der Waals surface area contributed by atoms with Crippen LogP contribution in [-0.4, -0.2) is 0 Å². The first-order valence-electron chi connectivity index (χ1n) is 2.14. The van der Waals surface area contributed by atoms with Crippen LogP contribution in [0.1, 0.15) is 13.3 Å². The Balaban J connectivity index is 3.62. The maximum atomic E-state index is 11.6. The van der Waals surface area contributed by atoms with E-state index in [2.05, 4.69) is 12.7 Å². The second-order valence-electron chi connectivity index (χ2n) is 1.17. The van der Waals surface area contributed by atoms with Gasteiger partial charge < -0.3 is 0 Å². The van der Waals surface area contributed by atoms with Gasteiger partial charge in [-0.15, -0.1) is 0 Å². The van der Waals surface area contributed by atoms with Crippen LogP contribution in [0.3, 0.4) is 0 Å². The van der Waals surface area contributed by atoms with Crippen molar-refractivity contribution in [1.29, 1.82) is 0 Å². The van der Waals surface area contributed by atoms with Crippen molar-refractivity contribution in [3.05, 3.63) is 24.6 Å². The predicted octanol–water partition coefficient (Wildman–Crippen LogP) is 2.24. The van der Waals surface area contributed by atoms with Gasteiger partial charge in [0.2, 0.25) is 0 Å². The van der Waals surface area contributed by atoms with Crippen molar-refractivity contribution in [2.45, 2.75) is 13.3 Å². The first-order valence-corrected chi connectivity index (χ1v) is 2.14. The van der Waals surface area contributed by atoms with Gasteiger partial charge in [-0.25, -0.2) is 4.39 Å². The molecule has 1 radical (unpaired) electrons. The van der Waals surface area contributed by atoms with E-state index in [0.717, 1.165) is 0 Å². The standard InChI is InChI=1S/C6H8F/c1-3-4-5-6(2)7/h4H,1,3H2,2H3. The molecule has 0 aliphatic carbocycles. The number of halogens is 1. The molecule has 0 heterocycles. The molecule has 0 N–H and O–H groups in total. The van der Waals surface area contributed by atoms with Gasteiger partial charge in [0.05, 0.1) is 0 Å². The van der Waals surface area contributed by atoms with E-state index < -0.39 is 0 Å². The summed E-state index contributed by atoms with van der Waals surface area (Å²) in [7, 11) is 0. The summed E-state index contributed by atoms with van der Waals surface area (Å²) >= 11 is 0. The molecule has 0 aromatic heterocycles. The maximum Gasteiger partial charge on any atom is 0.138 e. The third-order valence-corrected chi connectivity index (χ3v) is 0.445. The van der Waals surface area contributed by atoms with Crippen molar-refractivity contribution < 1.29 is 4.39 Å². The lowest BCUT2D eigenvalue weighted by molar-refractivity contribution is 0.642. The van der Waals surface area contributed by atoms with E-state index >= 15 is 0 Å². The van der Waals surface area contributed by atoms with E-state index in [1.54, 1.807) is 6.08 Å². The van der Waals surface area contributed by atoms with Crippen LogP contribution in [0.2, 0.25) is 0 Å². The van der Waals surface area contributed by atoms with Crippen LogP contribution in [0.25, 0.3) is 0 Å². The average Bonchev–Trinajstić information content (AvgIpc) is 1.61. The first kappa shape index (κ1) is 6.45. The van der Waals surface area contributed by atoms with E-state index in [-0.39, 0.29) is 5.83 Å². The summed E-state index contributed by atoms with van der Waals surface area (Å²) < 4.78 is 11.6. The van der Waals surface area contributed by atoms with Gasteiger partial charge in [0, 0.05) is 0 Å². The Morgan fingerprint density at radius 1 is 2.00 bits per heavy atom. The Morgan fingerprint density at radius 3 is 2.71 bits per heavy atom. The van der Waals surface area contributed by atoms with E-state index in [1.807, 2.05) is 0 Å². The molecule has 0 unspecified atom stereocenters. The van der Waals surface area contributed by atoms with Gasteiger partial charge in [-0.1, -0.05) is 5.73 Å². The normalized spacial score (nSPS) is 7.29. The summed E-state index contributed by atoms with van der Waals surface area (Å²) in [6.07, 6.45) is 2.15. The van der Waals surface area contributed by atoms with Gasteiger partial charge in [0.25, 0.3) is 0 Å². The number of rotatable bonds is 1. The van der Waals surface area contributed by atoms with E-state index in [9.17, 15) is 4.39 Å². The largest absolute Gasteiger partial charge is 0.203 e. The second-order valence-corrected chi connectivity index (χ2v) is 1.17. The molecule has 1 heteroatoms. The van der Waals surface area contributed by atoms with Crippen molar-refractivity contribution in [2.24, 2.45) is 0 Å². The summed E-state index contributed by atoms with van der Waals surface area (Å²) in [6.45, 7) is 4.81. The van der Waals surface area contributed by atoms with Crippen LogP contribution in [0.15, 0.2) is 17.6 Å². The van der Waals surface area contributed by atoms with E-state index in [1.165, 1.54) is 6.92 Å². The lowest BCUT2D eigenvalue weighted by Gasteiger charge is -1.69. The van der Waals surface area contributed by atoms with E-state index in [4.69, 9.17) is 0 Å². The Kier molecular flexibility index (Phi) is 3.35. The molecule has 0 bridgehead atoms. The Morgan fingerprint density at radius 2 is 2.57 bits per heavy atom. The predicted molar refractivity (Wildman–Crippen MR) is 28.4 cm³/mol. The molecule has 0 fully saturated rings. The zero-order chi connectivity index (χ0) is 5.70. The molecule has 0 amide bonds. The summed E-state index contributed by atoms with van der Waals surface area (Å²) in [5.41, 5.74) is 2.36. The van der Waals surface area contributed by atoms with Crippen molar-refractivity contribution in [2.75, 3.05) is 0 Å². The number of hydrogen-bond donors (Lipinski definition) is 0. The zero-order valence-corrected chi connectivity index (χ0v) is 4.37. The van der Waals surface area contributed by atoms with Crippen LogP contribution in [-0.2, 0) is 0 Å². The van der Waals surface area contributed by atoms with Gasteiger partial charge in [-0.3, -0.25) is 0 Å². The molecule has 7 heavy (non-hydrogen) atoms. The number of hydrogen-bond acceptors (Lipinski definition) is 0. The molecule has 0 atom stereocenters. The van der Waals surface area contributed by atoms with Gasteiger partial charge in [0.15, 0.2) is 0 Å². The van der Waals surface area contributed by atoms with Crippen LogP contribution >= 0.6 is 0 Å². The topological polar surface area (TPSA) is 0 Å². The molecule has 0 aliphatic heterocycles. The zero-order valence-electron chi connectivity index (χ0n) is 4.37. The minimum atomic E-state index is -0.288. The SMILES string of the molecule is [CH2]CC=C=C(C)F. The molecule has 0 spiro atoms. The fraction of sp³-hybridized carbons (Fsp3) is 0.333. The smallest absolute Gasteiger partial charge is 0.138 e. The lowest BCUT2D eigenvalue weighted by Crippen LogP contribution is -1.51. The van der Waals surface area contributed by atoms with Gasteiger partial charge >= 0.3 is 0 Å². The van der Waals surface area contributed by atoms with Gasteiger partial charge in [0.1, 0.15) is 5.83 Å². The number of allylic oxidation sites excluding steroid dienone is 1. The summed E-state index contributed by atoms with van der Waals surface area (Å²) in [4.78, 5) is 0. The summed E-state index contributed by atoms with van der Waals surface area (Å²) in [5.74, 6) is -0.288. The molecule has 0 aromatic rings. The third-order valence-electron chi connectivity index (χ3n) is 0.445. The first-order chi connectivity index (χ1) is 3.27. The summed E-state index contributed by atoms with van der Waals surface area (Å²) in [5, 5.41) is 0. The highest BCUT2D eigenvalue weighted by Gasteiger charge is 1.69. The molecule has 0 nitrogen and oxygen atoms in total. The minimum absolute atomic E-state index is 0.288. The van der Waals surface area contributed by atoms with Crippen LogP contribution in [0.4, 0.5) is 4.39 Å². The van der Waals surface area contributed by atoms with Crippen molar-refractivity contribution in [3.63, 3.8) is 0 Å². The molecule has 0 saturated carbocycles. The monoisotopic (exact) mass is 99.1 g/mol. The quantitative estimate of drug-likeness (QED) is 0.442. The third kappa shape index (κ3) is 5.45. The molecular weight excluding hydrogens is 91.1 g/mol. The molecule has 0 saturated heterocycles.